The average molecular weight is 288 g/mol. The summed E-state index contributed by atoms with van der Waals surface area (Å²) < 4.78 is 37.1. The topological polar surface area (TPSA) is 85.4 Å². The van der Waals surface area contributed by atoms with Gasteiger partial charge in [-0.25, -0.2) is 0 Å². The third-order valence-electron chi connectivity index (χ3n) is 3.17. The number of nitrogens with one attached hydrogen (secondary N) is 1. The van der Waals surface area contributed by atoms with Crippen molar-refractivity contribution in [3.8, 4) is 5.75 Å². The lowest BCUT2D eigenvalue weighted by atomic mass is 9.70. The van der Waals surface area contributed by atoms with Crippen LogP contribution in [0.5, 0.6) is 5.75 Å². The first-order chi connectivity index (χ1) is 8.78. The van der Waals surface area contributed by atoms with Crippen molar-refractivity contribution in [3.63, 3.8) is 0 Å². The predicted octanol–water partition coefficient (Wildman–Crippen LogP) is 1.80. The van der Waals surface area contributed by atoms with Gasteiger partial charge in [0.05, 0.1) is 18.1 Å². The first kappa shape index (κ1) is 13.7. The van der Waals surface area contributed by atoms with Crippen molar-refractivity contribution in [1.82, 2.24) is 4.98 Å². The van der Waals surface area contributed by atoms with E-state index in [1.807, 2.05) is 6.92 Å². The summed E-state index contributed by atoms with van der Waals surface area (Å²) in [4.78, 5) is 15.6. The summed E-state index contributed by atoms with van der Waals surface area (Å²) in [6, 6.07) is 1.20. The molecule has 2 rings (SSSR count). The minimum Gasteiger partial charge on any atom is -0.357 e. The Labute approximate surface area is 110 Å². The zero-order valence-electron chi connectivity index (χ0n) is 10.2. The normalized spacial score (nSPS) is 17.4. The number of amides is 1. The minimum absolute atomic E-state index is 0.166. The third-order valence-corrected chi connectivity index (χ3v) is 3.56. The standard InChI is InChI=1S/C11H13FN2O4S/c1-11(3-2-4-11)10(15)14-8-5-9(7-13-6-8)18-19(12,16)17/h5-7H,2-4H2,1H3,(H,14,15). The Balaban J connectivity index is 2.09. The highest BCUT2D eigenvalue weighted by molar-refractivity contribution is 7.81. The molecule has 0 unspecified atom stereocenters. The molecule has 1 fully saturated rings. The van der Waals surface area contributed by atoms with Crippen LogP contribution in [0.4, 0.5) is 9.57 Å². The van der Waals surface area contributed by atoms with Gasteiger partial charge in [0.1, 0.15) is 0 Å². The molecule has 1 aliphatic rings. The minimum atomic E-state index is -5.10. The van der Waals surface area contributed by atoms with Crippen LogP contribution in [0, 0.1) is 5.41 Å². The van der Waals surface area contributed by atoms with Gasteiger partial charge in [0, 0.05) is 11.5 Å². The molecular formula is C11H13FN2O4S. The van der Waals surface area contributed by atoms with Crippen LogP contribution in [-0.2, 0) is 15.3 Å². The maximum atomic E-state index is 12.4. The van der Waals surface area contributed by atoms with Crippen LogP contribution in [0.2, 0.25) is 0 Å². The van der Waals surface area contributed by atoms with Gasteiger partial charge in [0.2, 0.25) is 5.91 Å². The molecular weight excluding hydrogens is 275 g/mol. The van der Waals surface area contributed by atoms with Crippen LogP contribution in [0.3, 0.4) is 0 Å². The molecule has 1 N–H and O–H groups in total. The van der Waals surface area contributed by atoms with E-state index in [4.69, 9.17) is 0 Å². The summed E-state index contributed by atoms with van der Waals surface area (Å²) in [6.07, 6.45) is 4.99. The van der Waals surface area contributed by atoms with Gasteiger partial charge in [-0.15, -0.1) is 0 Å². The molecule has 19 heavy (non-hydrogen) atoms. The lowest BCUT2D eigenvalue weighted by Gasteiger charge is -2.36. The lowest BCUT2D eigenvalue weighted by Crippen LogP contribution is -2.39. The molecule has 0 saturated heterocycles. The summed E-state index contributed by atoms with van der Waals surface area (Å²) in [5, 5.41) is 2.61. The number of carbonyl (C=O) groups excluding carboxylic acids is 1. The van der Waals surface area contributed by atoms with Crippen LogP contribution in [0.1, 0.15) is 26.2 Å². The fourth-order valence-corrected chi connectivity index (χ4v) is 2.18. The number of anilines is 1. The second kappa shape index (κ2) is 4.76. The van der Waals surface area contributed by atoms with Gasteiger partial charge in [-0.05, 0) is 12.8 Å². The molecule has 8 heteroatoms. The molecule has 6 nitrogen and oxygen atoms in total. The number of pyridine rings is 1. The second-order valence-corrected chi connectivity index (χ2v) is 5.71. The summed E-state index contributed by atoms with van der Waals surface area (Å²) in [5.74, 6) is -0.458. The molecule has 1 saturated carbocycles. The molecule has 1 amide bonds. The van der Waals surface area contributed by atoms with Gasteiger partial charge >= 0.3 is 10.5 Å². The number of carbonyl (C=O) groups is 1. The van der Waals surface area contributed by atoms with Gasteiger partial charge in [-0.2, -0.15) is 8.42 Å². The van der Waals surface area contributed by atoms with E-state index in [1.165, 1.54) is 12.3 Å². The highest BCUT2D eigenvalue weighted by Gasteiger charge is 2.39. The average Bonchev–Trinajstić information content (AvgIpc) is 2.23. The predicted molar refractivity (Wildman–Crippen MR) is 65.5 cm³/mol. The van der Waals surface area contributed by atoms with Crippen LogP contribution in [0.15, 0.2) is 18.5 Å². The molecule has 0 aliphatic heterocycles. The van der Waals surface area contributed by atoms with E-state index >= 15 is 0 Å². The maximum Gasteiger partial charge on any atom is 0.488 e. The Morgan fingerprint density at radius 3 is 2.68 bits per heavy atom. The van der Waals surface area contributed by atoms with E-state index in [2.05, 4.69) is 14.5 Å². The van der Waals surface area contributed by atoms with Crippen molar-refractivity contribution in [3.05, 3.63) is 18.5 Å². The summed E-state index contributed by atoms with van der Waals surface area (Å²) >= 11 is 0. The molecule has 0 atom stereocenters. The third kappa shape index (κ3) is 3.40. The van der Waals surface area contributed by atoms with Gasteiger partial charge in [-0.3, -0.25) is 9.78 Å². The summed E-state index contributed by atoms with van der Waals surface area (Å²) in [6.45, 7) is 1.85. The van der Waals surface area contributed by atoms with Gasteiger partial charge in [0.15, 0.2) is 5.75 Å². The fraction of sp³-hybridized carbons (Fsp3) is 0.455. The van der Waals surface area contributed by atoms with Crippen molar-refractivity contribution >= 4 is 22.1 Å². The number of hydrogen-bond acceptors (Lipinski definition) is 5. The van der Waals surface area contributed by atoms with Crippen molar-refractivity contribution < 1.29 is 21.3 Å². The number of hydrogen-bond donors (Lipinski definition) is 1. The van der Waals surface area contributed by atoms with Crippen molar-refractivity contribution in [2.45, 2.75) is 26.2 Å². The number of rotatable bonds is 4. The van der Waals surface area contributed by atoms with Crippen LogP contribution >= 0.6 is 0 Å². The molecule has 0 bridgehead atoms. The zero-order valence-corrected chi connectivity index (χ0v) is 11.0. The monoisotopic (exact) mass is 288 g/mol. The molecule has 1 aromatic rings. The quantitative estimate of drug-likeness (QED) is 0.854. The molecule has 0 spiro atoms. The van der Waals surface area contributed by atoms with Crippen molar-refractivity contribution in [1.29, 1.82) is 0 Å². The second-order valence-electron chi connectivity index (χ2n) is 4.75. The van der Waals surface area contributed by atoms with Crippen molar-refractivity contribution in [2.75, 3.05) is 5.32 Å². The molecule has 0 aromatic carbocycles. The molecule has 1 aliphatic carbocycles. The summed E-state index contributed by atoms with van der Waals surface area (Å²) in [5.41, 5.74) is -0.137. The number of nitrogens with zero attached hydrogens (tertiary/aromatic N) is 1. The largest absolute Gasteiger partial charge is 0.488 e. The van der Waals surface area contributed by atoms with Crippen LogP contribution in [0.25, 0.3) is 0 Å². The summed E-state index contributed by atoms with van der Waals surface area (Å²) in [7, 11) is -5.10. The number of halogens is 1. The highest BCUT2D eigenvalue weighted by atomic mass is 32.3. The highest BCUT2D eigenvalue weighted by Crippen LogP contribution is 2.41. The Morgan fingerprint density at radius 1 is 1.47 bits per heavy atom. The van der Waals surface area contributed by atoms with E-state index in [0.717, 1.165) is 25.5 Å². The smallest absolute Gasteiger partial charge is 0.357 e. The van der Waals surface area contributed by atoms with E-state index in [1.54, 1.807) is 0 Å². The lowest BCUT2D eigenvalue weighted by molar-refractivity contribution is -0.128. The van der Waals surface area contributed by atoms with E-state index in [-0.39, 0.29) is 17.3 Å². The Morgan fingerprint density at radius 2 is 2.16 bits per heavy atom. The van der Waals surface area contributed by atoms with Gasteiger partial charge < -0.3 is 9.50 Å². The molecule has 1 aromatic heterocycles. The SMILES string of the molecule is CC1(C(=O)Nc2cncc(OS(=O)(=O)F)c2)CCC1. The van der Waals surface area contributed by atoms with Crippen LogP contribution < -0.4 is 9.50 Å². The molecule has 1 heterocycles. The fourth-order valence-electron chi connectivity index (χ4n) is 1.86. The Kier molecular flexibility index (Phi) is 3.44. The number of aromatic nitrogens is 1. The Bertz CT molecular complexity index is 598. The molecule has 104 valence electrons. The first-order valence-corrected chi connectivity index (χ1v) is 7.00. The van der Waals surface area contributed by atoms with E-state index < -0.39 is 15.9 Å². The first-order valence-electron chi connectivity index (χ1n) is 5.69. The Hall–Kier alpha value is -1.70. The van der Waals surface area contributed by atoms with Crippen LogP contribution in [-0.4, -0.2) is 19.3 Å². The van der Waals surface area contributed by atoms with E-state index in [0.29, 0.717) is 0 Å². The zero-order chi connectivity index (χ0) is 14.1. The molecule has 0 radical (unpaired) electrons. The van der Waals surface area contributed by atoms with Gasteiger partial charge in [0.25, 0.3) is 0 Å². The maximum absolute atomic E-state index is 12.4. The van der Waals surface area contributed by atoms with E-state index in [9.17, 15) is 17.1 Å². The van der Waals surface area contributed by atoms with Gasteiger partial charge in [-0.1, -0.05) is 17.2 Å². The van der Waals surface area contributed by atoms with Crippen molar-refractivity contribution in [2.24, 2.45) is 5.41 Å².